The summed E-state index contributed by atoms with van der Waals surface area (Å²) in [5.41, 5.74) is 1.43. The van der Waals surface area contributed by atoms with Crippen LogP contribution in [0.4, 0.5) is 10.8 Å². The van der Waals surface area contributed by atoms with E-state index in [1.54, 1.807) is 24.3 Å². The molecular formula is C19H17N3O4S2. The van der Waals surface area contributed by atoms with E-state index in [2.05, 4.69) is 15.6 Å². The van der Waals surface area contributed by atoms with Gasteiger partial charge in [-0.1, -0.05) is 6.07 Å². The molecule has 3 aromatic rings. The molecule has 0 spiro atoms. The van der Waals surface area contributed by atoms with Gasteiger partial charge in [-0.15, -0.1) is 22.7 Å². The Labute approximate surface area is 169 Å². The summed E-state index contributed by atoms with van der Waals surface area (Å²) in [5.74, 6) is 1.03. The lowest BCUT2D eigenvalue weighted by atomic mass is 10.2. The molecular weight excluding hydrogens is 398 g/mol. The zero-order valence-corrected chi connectivity index (χ0v) is 16.4. The molecule has 0 atom stereocenters. The van der Waals surface area contributed by atoms with Crippen molar-refractivity contribution in [2.45, 2.75) is 12.8 Å². The van der Waals surface area contributed by atoms with Gasteiger partial charge in [-0.05, 0) is 30.0 Å². The highest BCUT2D eigenvalue weighted by atomic mass is 32.1. The van der Waals surface area contributed by atoms with Gasteiger partial charge in [0.2, 0.25) is 5.91 Å². The van der Waals surface area contributed by atoms with E-state index in [-0.39, 0.29) is 18.2 Å². The molecule has 28 heavy (non-hydrogen) atoms. The van der Waals surface area contributed by atoms with E-state index in [1.807, 2.05) is 16.8 Å². The smallest absolute Gasteiger partial charge is 0.267 e. The Morgan fingerprint density at radius 1 is 1.07 bits per heavy atom. The summed E-state index contributed by atoms with van der Waals surface area (Å²) in [4.78, 5) is 29.3. The van der Waals surface area contributed by atoms with E-state index in [1.165, 1.54) is 22.7 Å². The minimum Gasteiger partial charge on any atom is -0.486 e. The maximum Gasteiger partial charge on any atom is 0.267 e. The normalized spacial score (nSPS) is 12.4. The molecule has 1 aliphatic rings. The Morgan fingerprint density at radius 3 is 2.75 bits per heavy atom. The van der Waals surface area contributed by atoms with Crippen LogP contribution in [0.15, 0.2) is 41.1 Å². The van der Waals surface area contributed by atoms with Crippen molar-refractivity contribution < 1.29 is 19.1 Å². The summed E-state index contributed by atoms with van der Waals surface area (Å²) in [6.45, 7) is 1.03. The maximum absolute atomic E-state index is 12.2. The van der Waals surface area contributed by atoms with Gasteiger partial charge in [-0.2, -0.15) is 0 Å². The minimum atomic E-state index is -0.174. The first kappa shape index (κ1) is 18.5. The van der Waals surface area contributed by atoms with E-state index in [0.29, 0.717) is 46.8 Å². The standard InChI is InChI=1S/C19H17N3O4S2/c23-17(20-12-3-5-14-15(10-12)26-8-7-25-14)6-4-13-11-28-19(21-13)22-18(24)16-2-1-9-27-16/h1-3,5,9-11H,4,6-8H2,(H,20,23)(H,21,22,24). The summed E-state index contributed by atoms with van der Waals surface area (Å²) >= 11 is 2.72. The average molecular weight is 415 g/mol. The number of aryl methyl sites for hydroxylation is 1. The topological polar surface area (TPSA) is 89.6 Å². The summed E-state index contributed by atoms with van der Waals surface area (Å²) in [5, 5.41) is 9.85. The largest absolute Gasteiger partial charge is 0.486 e. The van der Waals surface area contributed by atoms with Gasteiger partial charge in [0, 0.05) is 23.6 Å². The maximum atomic E-state index is 12.2. The van der Waals surface area contributed by atoms with Crippen molar-refractivity contribution in [2.75, 3.05) is 23.8 Å². The number of nitrogens with zero attached hydrogens (tertiary/aromatic N) is 1. The van der Waals surface area contributed by atoms with Crippen molar-refractivity contribution in [3.8, 4) is 11.5 Å². The molecule has 2 aromatic heterocycles. The van der Waals surface area contributed by atoms with Crippen LogP contribution in [0.25, 0.3) is 0 Å². The predicted octanol–water partition coefficient (Wildman–Crippen LogP) is 3.80. The van der Waals surface area contributed by atoms with Gasteiger partial charge in [0.05, 0.1) is 10.6 Å². The first-order chi connectivity index (χ1) is 13.7. The summed E-state index contributed by atoms with van der Waals surface area (Å²) in [6, 6.07) is 8.91. The Morgan fingerprint density at radius 2 is 1.93 bits per heavy atom. The third-order valence-corrected chi connectivity index (χ3v) is 5.63. The molecule has 0 fully saturated rings. The fraction of sp³-hybridized carbons (Fsp3) is 0.211. The number of hydrogen-bond acceptors (Lipinski definition) is 7. The summed E-state index contributed by atoms with van der Waals surface area (Å²) < 4.78 is 11.0. The molecule has 4 rings (SSSR count). The molecule has 1 aliphatic heterocycles. The van der Waals surface area contributed by atoms with Gasteiger partial charge in [0.25, 0.3) is 5.91 Å². The lowest BCUT2D eigenvalue weighted by molar-refractivity contribution is -0.116. The molecule has 3 heterocycles. The molecule has 0 unspecified atom stereocenters. The number of carbonyl (C=O) groups excluding carboxylic acids is 2. The highest BCUT2D eigenvalue weighted by Gasteiger charge is 2.14. The van der Waals surface area contributed by atoms with Crippen LogP contribution in [0, 0.1) is 0 Å². The van der Waals surface area contributed by atoms with Crippen LogP contribution in [0.1, 0.15) is 21.8 Å². The van der Waals surface area contributed by atoms with Crippen molar-refractivity contribution in [1.82, 2.24) is 4.98 Å². The number of ether oxygens (including phenoxy) is 2. The molecule has 9 heteroatoms. The fourth-order valence-corrected chi connectivity index (χ4v) is 3.99. The number of carbonyl (C=O) groups is 2. The number of thiophene rings is 1. The summed E-state index contributed by atoms with van der Waals surface area (Å²) in [7, 11) is 0. The number of benzene rings is 1. The Balaban J connectivity index is 1.28. The highest BCUT2D eigenvalue weighted by Crippen LogP contribution is 2.32. The second kappa shape index (κ2) is 8.41. The molecule has 7 nitrogen and oxygen atoms in total. The van der Waals surface area contributed by atoms with E-state index in [4.69, 9.17) is 9.47 Å². The van der Waals surface area contributed by atoms with E-state index in [9.17, 15) is 9.59 Å². The van der Waals surface area contributed by atoms with Gasteiger partial charge < -0.3 is 14.8 Å². The number of fused-ring (bicyclic) bond motifs is 1. The van der Waals surface area contributed by atoms with Gasteiger partial charge in [-0.25, -0.2) is 4.98 Å². The number of nitrogens with one attached hydrogen (secondary N) is 2. The Bertz CT molecular complexity index is 985. The number of hydrogen-bond donors (Lipinski definition) is 2. The second-order valence-electron chi connectivity index (χ2n) is 5.98. The van der Waals surface area contributed by atoms with Crippen LogP contribution >= 0.6 is 22.7 Å². The first-order valence-electron chi connectivity index (χ1n) is 8.66. The molecule has 0 saturated heterocycles. The second-order valence-corrected chi connectivity index (χ2v) is 7.79. The lowest BCUT2D eigenvalue weighted by Crippen LogP contribution is -2.16. The van der Waals surface area contributed by atoms with Crippen LogP contribution in [0.3, 0.4) is 0 Å². The minimum absolute atomic E-state index is 0.117. The van der Waals surface area contributed by atoms with Crippen molar-refractivity contribution in [3.63, 3.8) is 0 Å². The zero-order chi connectivity index (χ0) is 19.3. The van der Waals surface area contributed by atoms with Gasteiger partial charge >= 0.3 is 0 Å². The number of aromatic nitrogens is 1. The summed E-state index contributed by atoms with van der Waals surface area (Å²) in [6.07, 6.45) is 0.776. The average Bonchev–Trinajstić information content (AvgIpc) is 3.38. The van der Waals surface area contributed by atoms with Crippen molar-refractivity contribution in [1.29, 1.82) is 0 Å². The molecule has 0 saturated carbocycles. The molecule has 2 amide bonds. The lowest BCUT2D eigenvalue weighted by Gasteiger charge is -2.19. The fourth-order valence-electron chi connectivity index (χ4n) is 2.63. The van der Waals surface area contributed by atoms with Crippen molar-refractivity contribution >= 4 is 45.3 Å². The van der Waals surface area contributed by atoms with Gasteiger partial charge in [0.1, 0.15) is 13.2 Å². The third-order valence-electron chi connectivity index (χ3n) is 3.95. The number of thiazole rings is 1. The van der Waals surface area contributed by atoms with Crippen LogP contribution in [0.5, 0.6) is 11.5 Å². The van der Waals surface area contributed by atoms with Crippen LogP contribution in [0.2, 0.25) is 0 Å². The first-order valence-corrected chi connectivity index (χ1v) is 10.4. The highest BCUT2D eigenvalue weighted by molar-refractivity contribution is 7.14. The number of anilines is 2. The number of amides is 2. The molecule has 0 radical (unpaired) electrons. The number of rotatable bonds is 6. The van der Waals surface area contributed by atoms with E-state index in [0.717, 1.165) is 5.69 Å². The quantitative estimate of drug-likeness (QED) is 0.639. The van der Waals surface area contributed by atoms with Crippen molar-refractivity contribution in [2.24, 2.45) is 0 Å². The molecule has 0 bridgehead atoms. The molecule has 144 valence electrons. The van der Waals surface area contributed by atoms with Gasteiger partial charge in [-0.3, -0.25) is 14.9 Å². The van der Waals surface area contributed by atoms with Crippen LogP contribution in [-0.2, 0) is 11.2 Å². The molecule has 0 aliphatic carbocycles. The van der Waals surface area contributed by atoms with E-state index < -0.39 is 0 Å². The van der Waals surface area contributed by atoms with Crippen LogP contribution in [-0.4, -0.2) is 30.0 Å². The predicted molar refractivity (Wildman–Crippen MR) is 109 cm³/mol. The Kier molecular flexibility index (Phi) is 5.54. The SMILES string of the molecule is O=C(CCc1csc(NC(=O)c2cccs2)n1)Nc1ccc2c(c1)OCCO2. The van der Waals surface area contributed by atoms with E-state index >= 15 is 0 Å². The molecule has 2 N–H and O–H groups in total. The van der Waals surface area contributed by atoms with Crippen LogP contribution < -0.4 is 20.1 Å². The van der Waals surface area contributed by atoms with Gasteiger partial charge in [0.15, 0.2) is 16.6 Å². The molecule has 1 aromatic carbocycles. The Hall–Kier alpha value is -2.91. The third kappa shape index (κ3) is 4.49. The monoisotopic (exact) mass is 415 g/mol. The van der Waals surface area contributed by atoms with Crippen molar-refractivity contribution in [3.05, 3.63) is 51.7 Å². The zero-order valence-electron chi connectivity index (χ0n) is 14.8.